The molecule has 1 fully saturated rings. The summed E-state index contributed by atoms with van der Waals surface area (Å²) in [6.07, 6.45) is 8.54. The van der Waals surface area contributed by atoms with Crippen LogP contribution in [0.5, 0.6) is 0 Å². The van der Waals surface area contributed by atoms with Gasteiger partial charge in [0.2, 0.25) is 0 Å². The molecule has 0 bridgehead atoms. The van der Waals surface area contributed by atoms with Crippen LogP contribution in [0, 0.1) is 5.92 Å². The van der Waals surface area contributed by atoms with Gasteiger partial charge in [0, 0.05) is 6.04 Å². The fraction of sp³-hybridized carbons (Fsp3) is 0.933. The summed E-state index contributed by atoms with van der Waals surface area (Å²) in [6.45, 7) is 6.67. The van der Waals surface area contributed by atoms with Gasteiger partial charge in [0.25, 0.3) is 0 Å². The number of hydrogen-bond donors (Lipinski definition) is 1. The molecule has 0 spiro atoms. The second-order valence-corrected chi connectivity index (χ2v) is 5.45. The van der Waals surface area contributed by atoms with Crippen molar-refractivity contribution in [3.63, 3.8) is 0 Å². The van der Waals surface area contributed by atoms with Crippen molar-refractivity contribution in [3.05, 3.63) is 0 Å². The molecule has 0 saturated heterocycles. The van der Waals surface area contributed by atoms with E-state index >= 15 is 0 Å². The third-order valence-corrected chi connectivity index (χ3v) is 3.97. The Bertz CT molecular complexity index is 237. The molecule has 1 rings (SSSR count). The maximum atomic E-state index is 11.9. The minimum absolute atomic E-state index is 0.0815. The summed E-state index contributed by atoms with van der Waals surface area (Å²) in [5.41, 5.74) is 0. The number of hydrogen-bond acceptors (Lipinski definition) is 3. The molecule has 0 radical (unpaired) electrons. The third-order valence-electron chi connectivity index (χ3n) is 3.97. The van der Waals surface area contributed by atoms with Gasteiger partial charge in [0.1, 0.15) is 6.04 Å². The van der Waals surface area contributed by atoms with E-state index in [1.165, 1.54) is 32.1 Å². The molecule has 0 heterocycles. The van der Waals surface area contributed by atoms with E-state index in [0.717, 1.165) is 18.8 Å². The van der Waals surface area contributed by atoms with Crippen LogP contribution in [0.4, 0.5) is 0 Å². The van der Waals surface area contributed by atoms with Crippen LogP contribution in [0.1, 0.15) is 65.7 Å². The van der Waals surface area contributed by atoms with E-state index in [1.807, 2.05) is 6.92 Å². The van der Waals surface area contributed by atoms with E-state index in [0.29, 0.717) is 12.6 Å². The van der Waals surface area contributed by atoms with Crippen molar-refractivity contribution < 1.29 is 9.53 Å². The maximum absolute atomic E-state index is 11.9. The van der Waals surface area contributed by atoms with Crippen LogP contribution < -0.4 is 5.32 Å². The van der Waals surface area contributed by atoms with E-state index in [2.05, 4.69) is 19.2 Å². The van der Waals surface area contributed by atoms with Crippen molar-refractivity contribution in [2.45, 2.75) is 77.8 Å². The van der Waals surface area contributed by atoms with E-state index in [9.17, 15) is 4.79 Å². The van der Waals surface area contributed by atoms with Gasteiger partial charge in [-0.2, -0.15) is 0 Å². The smallest absolute Gasteiger partial charge is 0.323 e. The normalized spacial score (nSPS) is 20.4. The van der Waals surface area contributed by atoms with E-state index < -0.39 is 0 Å². The molecule has 3 heteroatoms. The van der Waals surface area contributed by atoms with E-state index in [-0.39, 0.29) is 12.0 Å². The van der Waals surface area contributed by atoms with Gasteiger partial charge >= 0.3 is 5.97 Å². The molecule has 0 amide bonds. The van der Waals surface area contributed by atoms with E-state index in [4.69, 9.17) is 4.74 Å². The highest BCUT2D eigenvalue weighted by Crippen LogP contribution is 2.26. The van der Waals surface area contributed by atoms with E-state index in [1.54, 1.807) is 0 Å². The van der Waals surface area contributed by atoms with Gasteiger partial charge in [0.05, 0.1) is 6.61 Å². The molecule has 18 heavy (non-hydrogen) atoms. The Morgan fingerprint density at radius 1 is 1.28 bits per heavy atom. The molecule has 0 aromatic heterocycles. The lowest BCUT2D eigenvalue weighted by atomic mass is 9.84. The Morgan fingerprint density at radius 3 is 2.50 bits per heavy atom. The minimum atomic E-state index is -0.119. The summed E-state index contributed by atoms with van der Waals surface area (Å²) in [5, 5.41) is 3.50. The van der Waals surface area contributed by atoms with Crippen molar-refractivity contribution in [1.29, 1.82) is 0 Å². The molecular weight excluding hydrogens is 226 g/mol. The molecule has 3 nitrogen and oxygen atoms in total. The van der Waals surface area contributed by atoms with Gasteiger partial charge in [-0.25, -0.2) is 0 Å². The summed E-state index contributed by atoms with van der Waals surface area (Å²) in [7, 11) is 0. The largest absolute Gasteiger partial charge is 0.465 e. The minimum Gasteiger partial charge on any atom is -0.465 e. The lowest BCUT2D eigenvalue weighted by Crippen LogP contribution is -2.46. The Hall–Kier alpha value is -0.570. The lowest BCUT2D eigenvalue weighted by Gasteiger charge is -2.31. The van der Waals surface area contributed by atoms with Crippen molar-refractivity contribution in [3.8, 4) is 0 Å². The van der Waals surface area contributed by atoms with Gasteiger partial charge in [-0.15, -0.1) is 0 Å². The van der Waals surface area contributed by atoms with Gasteiger partial charge < -0.3 is 10.1 Å². The number of esters is 1. The molecule has 106 valence electrons. The first kappa shape index (κ1) is 15.5. The summed E-state index contributed by atoms with van der Waals surface area (Å²) < 4.78 is 5.14. The van der Waals surface area contributed by atoms with Gasteiger partial charge in [0.15, 0.2) is 0 Å². The Labute approximate surface area is 112 Å². The number of carbonyl (C=O) groups excluding carboxylic acids is 1. The average molecular weight is 255 g/mol. The Balaban J connectivity index is 2.45. The number of ether oxygens (including phenoxy) is 1. The van der Waals surface area contributed by atoms with Crippen LogP contribution in [0.15, 0.2) is 0 Å². The molecule has 1 aliphatic carbocycles. The van der Waals surface area contributed by atoms with Crippen molar-refractivity contribution in [2.75, 3.05) is 6.61 Å². The third kappa shape index (κ3) is 4.97. The molecule has 0 aromatic carbocycles. The molecular formula is C15H29NO2. The summed E-state index contributed by atoms with van der Waals surface area (Å²) in [5.74, 6) is 0.648. The highest BCUT2D eigenvalue weighted by molar-refractivity contribution is 5.75. The predicted octanol–water partition coefficient (Wildman–Crippen LogP) is 3.28. The van der Waals surface area contributed by atoms with Gasteiger partial charge in [-0.1, -0.05) is 32.6 Å². The predicted molar refractivity (Wildman–Crippen MR) is 74.5 cm³/mol. The SMILES string of the molecule is CCCC(NC(C)C1CCCCC1)C(=O)OCC. The molecule has 0 aromatic rings. The molecule has 1 saturated carbocycles. The topological polar surface area (TPSA) is 38.3 Å². The number of carbonyl (C=O) groups is 1. The molecule has 2 unspecified atom stereocenters. The zero-order valence-corrected chi connectivity index (χ0v) is 12.2. The number of rotatable bonds is 7. The first-order valence-corrected chi connectivity index (χ1v) is 7.61. The fourth-order valence-corrected chi connectivity index (χ4v) is 2.89. The van der Waals surface area contributed by atoms with Gasteiger partial charge in [-0.05, 0) is 39.0 Å². The van der Waals surface area contributed by atoms with Crippen LogP contribution in [-0.4, -0.2) is 24.7 Å². The molecule has 0 aliphatic heterocycles. The van der Waals surface area contributed by atoms with Crippen LogP contribution in [-0.2, 0) is 9.53 Å². The fourth-order valence-electron chi connectivity index (χ4n) is 2.89. The average Bonchev–Trinajstić information content (AvgIpc) is 2.39. The highest BCUT2D eigenvalue weighted by Gasteiger charge is 2.25. The molecule has 2 atom stereocenters. The van der Waals surface area contributed by atoms with Crippen molar-refractivity contribution in [1.82, 2.24) is 5.32 Å². The van der Waals surface area contributed by atoms with Gasteiger partial charge in [-0.3, -0.25) is 4.79 Å². The summed E-state index contributed by atoms with van der Waals surface area (Å²) >= 11 is 0. The monoisotopic (exact) mass is 255 g/mol. The second-order valence-electron chi connectivity index (χ2n) is 5.45. The Kier molecular flexibility index (Phi) is 7.33. The van der Waals surface area contributed by atoms with Crippen LogP contribution in [0.2, 0.25) is 0 Å². The summed E-state index contributed by atoms with van der Waals surface area (Å²) in [6, 6.07) is 0.304. The standard InChI is InChI=1S/C15H29NO2/c1-4-9-14(15(17)18-5-2)16-12(3)13-10-7-6-8-11-13/h12-14,16H,4-11H2,1-3H3. The van der Waals surface area contributed by atoms with Crippen molar-refractivity contribution >= 4 is 5.97 Å². The van der Waals surface area contributed by atoms with Crippen LogP contribution >= 0.6 is 0 Å². The lowest BCUT2D eigenvalue weighted by molar-refractivity contribution is -0.146. The molecule has 1 N–H and O–H groups in total. The Morgan fingerprint density at radius 2 is 1.94 bits per heavy atom. The van der Waals surface area contributed by atoms with Crippen LogP contribution in [0.25, 0.3) is 0 Å². The zero-order valence-electron chi connectivity index (χ0n) is 12.2. The summed E-state index contributed by atoms with van der Waals surface area (Å²) in [4.78, 5) is 11.9. The first-order valence-electron chi connectivity index (χ1n) is 7.61. The first-order chi connectivity index (χ1) is 8.69. The second kappa shape index (κ2) is 8.52. The highest BCUT2D eigenvalue weighted by atomic mass is 16.5. The zero-order chi connectivity index (χ0) is 13.4. The van der Waals surface area contributed by atoms with Crippen LogP contribution in [0.3, 0.4) is 0 Å². The van der Waals surface area contributed by atoms with Crippen molar-refractivity contribution in [2.24, 2.45) is 5.92 Å². The quantitative estimate of drug-likeness (QED) is 0.710. The molecule has 1 aliphatic rings. The maximum Gasteiger partial charge on any atom is 0.323 e. The number of nitrogens with one attached hydrogen (secondary N) is 1.